The highest BCUT2D eigenvalue weighted by atomic mass is 32.2. The van der Waals surface area contributed by atoms with Crippen LogP contribution in [0.1, 0.15) is 32.0 Å². The molecule has 0 amide bonds. The highest BCUT2D eigenvalue weighted by Crippen LogP contribution is 2.32. The van der Waals surface area contributed by atoms with E-state index in [-0.39, 0.29) is 5.69 Å². The molecule has 6 heteroatoms. The molecule has 1 N–H and O–H groups in total. The van der Waals surface area contributed by atoms with Gasteiger partial charge in [0.2, 0.25) is 0 Å². The molecule has 0 aromatic carbocycles. The van der Waals surface area contributed by atoms with Crippen molar-refractivity contribution in [1.82, 2.24) is 19.5 Å². The zero-order valence-corrected chi connectivity index (χ0v) is 12.1. The van der Waals surface area contributed by atoms with Crippen LogP contribution < -0.4 is 5.69 Å². The smallest absolute Gasteiger partial charge is 0.338 e. The lowest BCUT2D eigenvalue weighted by atomic mass is 10.3. The van der Waals surface area contributed by atoms with Gasteiger partial charge in [0.05, 0.1) is 0 Å². The van der Waals surface area contributed by atoms with E-state index in [9.17, 15) is 4.79 Å². The summed E-state index contributed by atoms with van der Waals surface area (Å²) in [5, 5.41) is 0.752. The van der Waals surface area contributed by atoms with Crippen LogP contribution in [0.2, 0.25) is 0 Å². The minimum Gasteiger partial charge on any atom is -0.338 e. The molecule has 5 nitrogen and oxygen atoms in total. The first-order valence-electron chi connectivity index (χ1n) is 6.76. The van der Waals surface area contributed by atoms with Gasteiger partial charge < -0.3 is 4.98 Å². The molecule has 0 saturated heterocycles. The van der Waals surface area contributed by atoms with E-state index in [2.05, 4.69) is 21.9 Å². The van der Waals surface area contributed by atoms with Crippen molar-refractivity contribution in [1.29, 1.82) is 0 Å². The average Bonchev–Trinajstić information content (AvgIpc) is 3.10. The fourth-order valence-electron chi connectivity index (χ4n) is 2.31. The summed E-state index contributed by atoms with van der Waals surface area (Å²) in [5.41, 5.74) is 1.49. The van der Waals surface area contributed by atoms with Crippen molar-refractivity contribution in [3.05, 3.63) is 16.3 Å². The van der Waals surface area contributed by atoms with Crippen LogP contribution in [0, 0.1) is 5.92 Å². The van der Waals surface area contributed by atoms with E-state index >= 15 is 0 Å². The van der Waals surface area contributed by atoms with Gasteiger partial charge in [0, 0.05) is 13.0 Å². The van der Waals surface area contributed by atoms with E-state index in [0.29, 0.717) is 6.54 Å². The first-order valence-corrected chi connectivity index (χ1v) is 7.98. The molecule has 1 aliphatic carbocycles. The molecule has 3 rings (SSSR count). The van der Waals surface area contributed by atoms with Crippen molar-refractivity contribution in [2.24, 2.45) is 5.92 Å². The van der Waals surface area contributed by atoms with Crippen LogP contribution in [0.5, 0.6) is 0 Å². The maximum absolute atomic E-state index is 12.0. The SMILES string of the molecule is CCCn1c(=O)nc(SC)c2[nH]c(CC3CC3)nc21. The number of H-pyrrole nitrogens is 1. The molecule has 102 valence electrons. The molecule has 1 fully saturated rings. The zero-order valence-electron chi connectivity index (χ0n) is 11.3. The van der Waals surface area contributed by atoms with Crippen molar-refractivity contribution in [3.8, 4) is 0 Å². The molecule has 2 aromatic rings. The molecule has 2 aromatic heterocycles. The molecule has 0 spiro atoms. The molecule has 2 heterocycles. The van der Waals surface area contributed by atoms with Crippen LogP contribution in [0.4, 0.5) is 0 Å². The largest absolute Gasteiger partial charge is 0.350 e. The summed E-state index contributed by atoms with van der Waals surface area (Å²) >= 11 is 1.49. The normalized spacial score (nSPS) is 15.3. The second-order valence-electron chi connectivity index (χ2n) is 5.08. The second-order valence-corrected chi connectivity index (χ2v) is 5.88. The van der Waals surface area contributed by atoms with Crippen molar-refractivity contribution in [3.63, 3.8) is 0 Å². The number of nitrogens with one attached hydrogen (secondary N) is 1. The third-order valence-corrected chi connectivity index (χ3v) is 4.13. The lowest BCUT2D eigenvalue weighted by molar-refractivity contribution is 0.647. The second kappa shape index (κ2) is 5.00. The number of aromatic nitrogens is 4. The van der Waals surface area contributed by atoms with Crippen molar-refractivity contribution < 1.29 is 0 Å². The van der Waals surface area contributed by atoms with Gasteiger partial charge in [-0.25, -0.2) is 9.78 Å². The number of nitrogens with zero attached hydrogens (tertiary/aromatic N) is 3. The average molecular weight is 278 g/mol. The molecular formula is C13H18N4OS. The number of aryl methyl sites for hydroxylation is 1. The number of imidazole rings is 1. The third-order valence-electron chi connectivity index (χ3n) is 3.45. The number of fused-ring (bicyclic) bond motifs is 1. The Morgan fingerprint density at radius 2 is 2.21 bits per heavy atom. The van der Waals surface area contributed by atoms with Crippen molar-refractivity contribution in [2.45, 2.75) is 44.2 Å². The molecule has 0 bridgehead atoms. The Balaban J connectivity index is 2.14. The monoisotopic (exact) mass is 278 g/mol. The van der Waals surface area contributed by atoms with E-state index in [1.54, 1.807) is 4.57 Å². The van der Waals surface area contributed by atoms with Crippen LogP contribution in [-0.4, -0.2) is 25.8 Å². The lowest BCUT2D eigenvalue weighted by Crippen LogP contribution is -2.24. The van der Waals surface area contributed by atoms with Gasteiger partial charge >= 0.3 is 5.69 Å². The van der Waals surface area contributed by atoms with Gasteiger partial charge in [-0.05, 0) is 31.4 Å². The minimum atomic E-state index is -0.192. The Morgan fingerprint density at radius 3 is 2.84 bits per heavy atom. The molecular weight excluding hydrogens is 260 g/mol. The van der Waals surface area contributed by atoms with Gasteiger partial charge in [0.1, 0.15) is 16.4 Å². The highest BCUT2D eigenvalue weighted by Gasteiger charge is 2.24. The highest BCUT2D eigenvalue weighted by molar-refractivity contribution is 7.98. The van der Waals surface area contributed by atoms with E-state index in [1.165, 1.54) is 24.6 Å². The zero-order chi connectivity index (χ0) is 13.4. The summed E-state index contributed by atoms with van der Waals surface area (Å²) in [4.78, 5) is 24.2. The molecule has 19 heavy (non-hydrogen) atoms. The summed E-state index contributed by atoms with van der Waals surface area (Å²) in [7, 11) is 0. The van der Waals surface area contributed by atoms with Gasteiger partial charge in [0.15, 0.2) is 5.65 Å². The molecule has 1 aliphatic rings. The fourth-order valence-corrected chi connectivity index (χ4v) is 2.83. The van der Waals surface area contributed by atoms with E-state index in [4.69, 9.17) is 0 Å². The third kappa shape index (κ3) is 2.41. The minimum absolute atomic E-state index is 0.192. The van der Waals surface area contributed by atoms with E-state index in [0.717, 1.165) is 40.8 Å². The Kier molecular flexibility index (Phi) is 3.35. The lowest BCUT2D eigenvalue weighted by Gasteiger charge is -2.05. The predicted octanol–water partition coefficient (Wildman–Crippen LogP) is 2.20. The predicted molar refractivity (Wildman–Crippen MR) is 76.6 cm³/mol. The van der Waals surface area contributed by atoms with Gasteiger partial charge in [-0.15, -0.1) is 11.8 Å². The van der Waals surface area contributed by atoms with Crippen LogP contribution in [0.25, 0.3) is 11.2 Å². The Morgan fingerprint density at radius 1 is 1.42 bits per heavy atom. The topological polar surface area (TPSA) is 63.6 Å². The Labute approximate surface area is 115 Å². The Hall–Kier alpha value is -1.30. The summed E-state index contributed by atoms with van der Waals surface area (Å²) in [5.74, 6) is 1.77. The summed E-state index contributed by atoms with van der Waals surface area (Å²) in [6.07, 6.45) is 6.43. The van der Waals surface area contributed by atoms with Crippen LogP contribution in [0.15, 0.2) is 9.82 Å². The number of hydrogen-bond donors (Lipinski definition) is 1. The van der Waals surface area contributed by atoms with Gasteiger partial charge in [-0.1, -0.05) is 6.92 Å². The molecule has 0 aliphatic heterocycles. The quantitative estimate of drug-likeness (QED) is 0.672. The summed E-state index contributed by atoms with van der Waals surface area (Å²) < 4.78 is 1.68. The van der Waals surface area contributed by atoms with Crippen molar-refractivity contribution in [2.75, 3.05) is 6.26 Å². The van der Waals surface area contributed by atoms with Crippen molar-refractivity contribution >= 4 is 22.9 Å². The maximum Gasteiger partial charge on any atom is 0.350 e. The number of hydrogen-bond acceptors (Lipinski definition) is 4. The number of thioether (sulfide) groups is 1. The van der Waals surface area contributed by atoms with Crippen LogP contribution >= 0.6 is 11.8 Å². The van der Waals surface area contributed by atoms with Crippen LogP contribution in [-0.2, 0) is 13.0 Å². The molecule has 1 saturated carbocycles. The molecule has 0 radical (unpaired) electrons. The standard InChI is InChI=1S/C13H18N4OS/c1-3-6-17-11-10(12(19-2)16-13(17)18)14-9(15-11)7-8-4-5-8/h8H,3-7H2,1-2H3,(H,14,15). The van der Waals surface area contributed by atoms with Gasteiger partial charge in [-0.2, -0.15) is 4.98 Å². The van der Waals surface area contributed by atoms with Gasteiger partial charge in [0.25, 0.3) is 0 Å². The Bertz CT molecular complexity index is 656. The summed E-state index contributed by atoms with van der Waals surface area (Å²) in [6.45, 7) is 2.73. The first kappa shape index (κ1) is 12.7. The summed E-state index contributed by atoms with van der Waals surface area (Å²) in [6, 6.07) is 0. The fraction of sp³-hybridized carbons (Fsp3) is 0.615. The number of aromatic amines is 1. The first-order chi connectivity index (χ1) is 9.22. The van der Waals surface area contributed by atoms with Crippen LogP contribution in [0.3, 0.4) is 0 Å². The maximum atomic E-state index is 12.0. The van der Waals surface area contributed by atoms with E-state index in [1.807, 2.05) is 6.26 Å². The number of rotatable bonds is 5. The van der Waals surface area contributed by atoms with Gasteiger partial charge in [-0.3, -0.25) is 4.57 Å². The molecule has 0 unspecified atom stereocenters. The molecule has 0 atom stereocenters. The van der Waals surface area contributed by atoms with E-state index < -0.39 is 0 Å².